The maximum Gasteiger partial charge on any atom is 0.408 e. The molecule has 1 saturated carbocycles. The van der Waals surface area contributed by atoms with Crippen LogP contribution in [0.15, 0.2) is 18.2 Å². The molecule has 240 valence electrons. The molecule has 1 aliphatic carbocycles. The van der Waals surface area contributed by atoms with Gasteiger partial charge in [0.2, 0.25) is 11.8 Å². The average Bonchev–Trinajstić information content (AvgIpc) is 3.42. The molecule has 3 aliphatic rings. The van der Waals surface area contributed by atoms with Crippen molar-refractivity contribution in [2.45, 2.75) is 117 Å². The van der Waals surface area contributed by atoms with Gasteiger partial charge in [-0.1, -0.05) is 40.5 Å². The number of nitrogens with one attached hydrogen (secondary N) is 1. The number of rotatable bonds is 4. The number of carbonyl (C=O) groups excluding carboxylic acids is 3. The Kier molecular flexibility index (Phi) is 9.10. The Morgan fingerprint density at radius 3 is 2.59 bits per heavy atom. The molecular weight excluding hydrogens is 560 g/mol. The van der Waals surface area contributed by atoms with Gasteiger partial charge in [0.05, 0.1) is 30.2 Å². The lowest BCUT2D eigenvalue weighted by atomic mass is 9.85. The summed E-state index contributed by atoms with van der Waals surface area (Å²) in [4.78, 5) is 52.1. The first kappa shape index (κ1) is 32.0. The standard InChI is InChI=1S/C34H48N4O6/c1-8-23-27-19-38(28(23)20(3)39)31(40)29(33(4,5)6)37-32(41)44-34(7)18-21(34)13-11-10-12-14-25-30(43-27)36-26-17-22(42-9-2)15-16-24(26)35-25/h15-17,21,23,27-29H,8-14,18-19H2,1-7H3,(H,37,41)/t21-,23-,27+,28-,29-,34-/m1/s1. The number of amides is 2. The van der Waals surface area contributed by atoms with E-state index in [0.717, 1.165) is 43.3 Å². The molecule has 0 unspecified atom stereocenters. The van der Waals surface area contributed by atoms with E-state index >= 15 is 0 Å². The molecule has 6 atom stereocenters. The van der Waals surface area contributed by atoms with Crippen molar-refractivity contribution in [3.8, 4) is 11.6 Å². The number of carbonyl (C=O) groups is 3. The van der Waals surface area contributed by atoms with Gasteiger partial charge >= 0.3 is 6.09 Å². The zero-order chi connectivity index (χ0) is 31.8. The Hall–Kier alpha value is -3.43. The zero-order valence-corrected chi connectivity index (χ0v) is 27.3. The highest BCUT2D eigenvalue weighted by Gasteiger charge is 2.54. The van der Waals surface area contributed by atoms with E-state index in [1.165, 1.54) is 6.92 Å². The van der Waals surface area contributed by atoms with Crippen LogP contribution in [0.3, 0.4) is 0 Å². The van der Waals surface area contributed by atoms with Gasteiger partial charge < -0.3 is 24.4 Å². The third kappa shape index (κ3) is 6.64. The van der Waals surface area contributed by atoms with Gasteiger partial charge in [-0.2, -0.15) is 0 Å². The van der Waals surface area contributed by atoms with Crippen molar-refractivity contribution in [2.75, 3.05) is 13.2 Å². The fraction of sp³-hybridized carbons (Fsp3) is 0.676. The van der Waals surface area contributed by atoms with Crippen molar-refractivity contribution in [1.29, 1.82) is 0 Å². The van der Waals surface area contributed by atoms with E-state index in [0.29, 0.717) is 42.5 Å². The lowest BCUT2D eigenvalue weighted by Gasteiger charge is -2.35. The van der Waals surface area contributed by atoms with Crippen molar-refractivity contribution in [3.63, 3.8) is 0 Å². The number of alkyl carbamates (subject to hydrolysis) is 1. The molecule has 1 aromatic carbocycles. The third-order valence-corrected chi connectivity index (χ3v) is 9.53. The normalized spacial score (nSPS) is 29.8. The topological polar surface area (TPSA) is 120 Å². The van der Waals surface area contributed by atoms with Crippen LogP contribution in [0.25, 0.3) is 11.0 Å². The summed E-state index contributed by atoms with van der Waals surface area (Å²) in [6.45, 7) is 13.9. The Morgan fingerprint density at radius 1 is 1.14 bits per heavy atom. The van der Waals surface area contributed by atoms with Crippen LogP contribution in [0.1, 0.15) is 92.7 Å². The Labute approximate surface area is 260 Å². The van der Waals surface area contributed by atoms with Gasteiger partial charge in [-0.25, -0.2) is 14.8 Å². The van der Waals surface area contributed by atoms with Crippen LogP contribution in [0.4, 0.5) is 4.79 Å². The zero-order valence-electron chi connectivity index (χ0n) is 27.3. The monoisotopic (exact) mass is 608 g/mol. The summed E-state index contributed by atoms with van der Waals surface area (Å²) in [6.07, 6.45) is 4.95. The van der Waals surface area contributed by atoms with E-state index in [-0.39, 0.29) is 24.2 Å². The van der Waals surface area contributed by atoms with Crippen molar-refractivity contribution in [3.05, 3.63) is 23.9 Å². The predicted octanol–water partition coefficient (Wildman–Crippen LogP) is 5.64. The Bertz CT molecular complexity index is 1410. The first-order chi connectivity index (χ1) is 20.8. The van der Waals surface area contributed by atoms with Crippen LogP contribution in [-0.4, -0.2) is 69.6 Å². The van der Waals surface area contributed by atoms with Crippen molar-refractivity contribution in [2.24, 2.45) is 17.3 Å². The van der Waals surface area contributed by atoms with Gasteiger partial charge in [0.1, 0.15) is 29.2 Å². The summed E-state index contributed by atoms with van der Waals surface area (Å²) in [6, 6.07) is 4.12. The maximum absolute atomic E-state index is 14.3. The fourth-order valence-electron chi connectivity index (χ4n) is 6.94. The molecule has 0 radical (unpaired) electrons. The van der Waals surface area contributed by atoms with Crippen LogP contribution in [0, 0.1) is 17.3 Å². The molecule has 2 fully saturated rings. The number of hydrogen-bond acceptors (Lipinski definition) is 8. The summed E-state index contributed by atoms with van der Waals surface area (Å²) in [5, 5.41) is 2.88. The van der Waals surface area contributed by atoms with E-state index in [4.69, 9.17) is 24.2 Å². The molecule has 44 heavy (non-hydrogen) atoms. The Balaban J connectivity index is 1.54. The number of ketones is 1. The fourth-order valence-corrected chi connectivity index (χ4v) is 6.94. The summed E-state index contributed by atoms with van der Waals surface area (Å²) in [7, 11) is 0. The number of aryl methyl sites for hydroxylation is 1. The first-order valence-corrected chi connectivity index (χ1v) is 16.2. The quantitative estimate of drug-likeness (QED) is 0.474. The summed E-state index contributed by atoms with van der Waals surface area (Å²) in [5.74, 6) is 0.762. The van der Waals surface area contributed by atoms with Crippen LogP contribution in [-0.2, 0) is 20.7 Å². The number of nitrogens with zero attached hydrogens (tertiary/aromatic N) is 3. The minimum Gasteiger partial charge on any atom is -0.494 e. The summed E-state index contributed by atoms with van der Waals surface area (Å²) >= 11 is 0. The second-order valence-corrected chi connectivity index (χ2v) is 14.0. The lowest BCUT2D eigenvalue weighted by molar-refractivity contribution is -0.141. The number of aromatic nitrogens is 2. The van der Waals surface area contributed by atoms with Gasteiger partial charge in [0.15, 0.2) is 5.78 Å². The molecule has 10 nitrogen and oxygen atoms in total. The summed E-state index contributed by atoms with van der Waals surface area (Å²) in [5.41, 5.74) is 1.06. The molecule has 1 N–H and O–H groups in total. The van der Waals surface area contributed by atoms with Gasteiger partial charge in [-0.3, -0.25) is 9.59 Å². The minimum absolute atomic E-state index is 0.114. The van der Waals surface area contributed by atoms with Gasteiger partial charge in [0, 0.05) is 17.9 Å². The molecule has 10 heteroatoms. The van der Waals surface area contributed by atoms with Gasteiger partial charge in [0.25, 0.3) is 0 Å². The molecule has 1 aromatic heterocycles. The van der Waals surface area contributed by atoms with Gasteiger partial charge in [-0.05, 0) is 70.4 Å². The molecule has 1 saturated heterocycles. The van der Waals surface area contributed by atoms with Crippen LogP contribution in [0.2, 0.25) is 0 Å². The second-order valence-electron chi connectivity index (χ2n) is 14.0. The number of hydrogen-bond donors (Lipinski definition) is 1. The van der Waals surface area contributed by atoms with E-state index in [1.807, 2.05) is 59.7 Å². The average molecular weight is 609 g/mol. The summed E-state index contributed by atoms with van der Waals surface area (Å²) < 4.78 is 18.3. The van der Waals surface area contributed by atoms with Crippen molar-refractivity contribution in [1.82, 2.24) is 20.2 Å². The highest BCUT2D eigenvalue weighted by atomic mass is 16.6. The molecule has 2 aromatic rings. The number of ether oxygens (including phenoxy) is 3. The van der Waals surface area contributed by atoms with Crippen LogP contribution >= 0.6 is 0 Å². The Morgan fingerprint density at radius 2 is 1.91 bits per heavy atom. The second kappa shape index (κ2) is 12.5. The molecular formula is C34H48N4O6. The predicted molar refractivity (Wildman–Crippen MR) is 167 cm³/mol. The molecule has 2 aliphatic heterocycles. The largest absolute Gasteiger partial charge is 0.494 e. The maximum atomic E-state index is 14.3. The molecule has 0 spiro atoms. The van der Waals surface area contributed by atoms with Crippen molar-refractivity contribution >= 4 is 28.8 Å². The lowest BCUT2D eigenvalue weighted by Crippen LogP contribution is -2.57. The highest BCUT2D eigenvalue weighted by molar-refractivity contribution is 5.92. The first-order valence-electron chi connectivity index (χ1n) is 16.2. The number of Topliss-reactive ketones (excluding diaryl/α,β-unsaturated/α-hetero) is 1. The van der Waals surface area contributed by atoms with E-state index in [9.17, 15) is 14.4 Å². The van der Waals surface area contributed by atoms with Gasteiger partial charge in [-0.15, -0.1) is 0 Å². The molecule has 5 rings (SSSR count). The smallest absolute Gasteiger partial charge is 0.408 e. The minimum atomic E-state index is -0.888. The van der Waals surface area contributed by atoms with Crippen LogP contribution < -0.4 is 14.8 Å². The third-order valence-electron chi connectivity index (χ3n) is 9.53. The SMILES string of the molecule is CCOc1ccc2nc3c(nc2c1)O[C@H]1CN(C(=O)[C@H](C(C)(C)C)NC(=O)O[C@]2(C)C[C@H]2CCCCC3)[C@H](C(C)=O)[C@@H]1CC. The molecule has 3 heterocycles. The van der Waals surface area contributed by atoms with E-state index < -0.39 is 35.3 Å². The van der Waals surface area contributed by atoms with Crippen LogP contribution in [0.5, 0.6) is 11.6 Å². The van der Waals surface area contributed by atoms with E-state index in [2.05, 4.69) is 5.32 Å². The number of fused-ring (bicyclic) bond motifs is 5. The van der Waals surface area contributed by atoms with Crippen molar-refractivity contribution < 1.29 is 28.6 Å². The number of benzene rings is 1. The molecule has 2 bridgehead atoms. The molecule has 2 amide bonds. The van der Waals surface area contributed by atoms with E-state index in [1.54, 1.807) is 4.90 Å². The highest BCUT2D eigenvalue weighted by Crippen LogP contribution is 2.49.